The summed E-state index contributed by atoms with van der Waals surface area (Å²) < 4.78 is 25.0. The lowest BCUT2D eigenvalue weighted by Crippen LogP contribution is -2.36. The van der Waals surface area contributed by atoms with E-state index in [-0.39, 0.29) is 13.1 Å². The number of nitrogens with one attached hydrogen (secondary N) is 1. The highest BCUT2D eigenvalue weighted by atomic mass is 35.5. The van der Waals surface area contributed by atoms with E-state index in [1.54, 1.807) is 48.5 Å². The van der Waals surface area contributed by atoms with Crippen LogP contribution < -0.4 is 5.32 Å². The molecule has 2 rings (SSSR count). The number of hydrogen-bond acceptors (Lipinski definition) is 3. The molecule has 0 bridgehead atoms. The van der Waals surface area contributed by atoms with Crippen molar-refractivity contribution in [2.75, 3.05) is 18.1 Å². The van der Waals surface area contributed by atoms with Crippen LogP contribution in [0.5, 0.6) is 0 Å². The maximum absolute atomic E-state index is 12.1. The molecule has 8 heteroatoms. The number of hydrogen-bond donors (Lipinski definition) is 1. The summed E-state index contributed by atoms with van der Waals surface area (Å²) in [4.78, 5) is 12.1. The summed E-state index contributed by atoms with van der Waals surface area (Å²) in [7, 11) is -3.56. The van der Waals surface area contributed by atoms with E-state index in [0.29, 0.717) is 15.7 Å². The second-order valence-electron chi connectivity index (χ2n) is 5.22. The van der Waals surface area contributed by atoms with Crippen molar-refractivity contribution < 1.29 is 13.2 Å². The van der Waals surface area contributed by atoms with Crippen molar-refractivity contribution in [1.29, 1.82) is 0 Å². The van der Waals surface area contributed by atoms with Crippen LogP contribution >= 0.6 is 23.2 Å². The number of halogens is 2. The number of benzene rings is 2. The highest BCUT2D eigenvalue weighted by molar-refractivity contribution is 7.88. The Morgan fingerprint density at radius 3 is 2.33 bits per heavy atom. The van der Waals surface area contributed by atoms with Gasteiger partial charge in [0, 0.05) is 22.3 Å². The molecule has 0 saturated carbocycles. The third-order valence-electron chi connectivity index (χ3n) is 3.17. The van der Waals surface area contributed by atoms with Crippen molar-refractivity contribution in [3.8, 4) is 0 Å². The molecule has 2 aromatic carbocycles. The van der Waals surface area contributed by atoms with Crippen LogP contribution in [0.25, 0.3) is 0 Å². The van der Waals surface area contributed by atoms with Crippen LogP contribution in [-0.2, 0) is 21.4 Å². The minimum atomic E-state index is -3.56. The predicted octanol–water partition coefficient (Wildman–Crippen LogP) is 3.39. The van der Waals surface area contributed by atoms with Gasteiger partial charge in [0.15, 0.2) is 0 Å². The topological polar surface area (TPSA) is 66.5 Å². The zero-order valence-corrected chi connectivity index (χ0v) is 15.2. The molecule has 0 radical (unpaired) electrons. The number of amides is 1. The van der Waals surface area contributed by atoms with Crippen LogP contribution in [0.15, 0.2) is 48.5 Å². The Labute approximate surface area is 151 Å². The summed E-state index contributed by atoms with van der Waals surface area (Å²) in [5, 5.41) is 3.67. The molecule has 0 saturated heterocycles. The van der Waals surface area contributed by atoms with Crippen molar-refractivity contribution in [1.82, 2.24) is 4.31 Å². The van der Waals surface area contributed by atoms with E-state index in [0.717, 1.165) is 16.1 Å². The lowest BCUT2D eigenvalue weighted by Gasteiger charge is -2.19. The molecule has 2 aromatic rings. The van der Waals surface area contributed by atoms with Crippen LogP contribution in [0.4, 0.5) is 5.69 Å². The second kappa shape index (κ2) is 7.98. The molecular weight excluding hydrogens is 371 g/mol. The third kappa shape index (κ3) is 5.79. The Hall–Kier alpha value is -1.60. The van der Waals surface area contributed by atoms with E-state index >= 15 is 0 Å². The minimum Gasteiger partial charge on any atom is -0.325 e. The maximum atomic E-state index is 12.1. The zero-order valence-electron chi connectivity index (χ0n) is 12.9. The smallest absolute Gasteiger partial charge is 0.239 e. The molecule has 0 fully saturated rings. The van der Waals surface area contributed by atoms with E-state index < -0.39 is 15.9 Å². The van der Waals surface area contributed by atoms with Crippen molar-refractivity contribution in [3.63, 3.8) is 0 Å². The predicted molar refractivity (Wildman–Crippen MR) is 96.8 cm³/mol. The maximum Gasteiger partial charge on any atom is 0.239 e. The number of anilines is 1. The monoisotopic (exact) mass is 386 g/mol. The van der Waals surface area contributed by atoms with Crippen LogP contribution in [0.1, 0.15) is 5.56 Å². The van der Waals surface area contributed by atoms with E-state index in [1.807, 2.05) is 0 Å². The highest BCUT2D eigenvalue weighted by Gasteiger charge is 2.20. The molecule has 0 heterocycles. The van der Waals surface area contributed by atoms with E-state index in [9.17, 15) is 13.2 Å². The molecule has 1 N–H and O–H groups in total. The van der Waals surface area contributed by atoms with E-state index in [1.165, 1.54) is 0 Å². The fourth-order valence-corrected chi connectivity index (χ4v) is 3.06. The number of carbonyl (C=O) groups is 1. The van der Waals surface area contributed by atoms with Gasteiger partial charge in [-0.1, -0.05) is 41.4 Å². The van der Waals surface area contributed by atoms with Gasteiger partial charge in [-0.2, -0.15) is 4.31 Å². The van der Waals surface area contributed by atoms with Gasteiger partial charge in [0.2, 0.25) is 15.9 Å². The summed E-state index contributed by atoms with van der Waals surface area (Å²) >= 11 is 11.7. The van der Waals surface area contributed by atoms with Gasteiger partial charge in [0.25, 0.3) is 0 Å². The van der Waals surface area contributed by atoms with Gasteiger partial charge < -0.3 is 5.32 Å². The van der Waals surface area contributed by atoms with E-state index in [2.05, 4.69) is 5.32 Å². The highest BCUT2D eigenvalue weighted by Crippen LogP contribution is 2.16. The molecule has 0 aliphatic carbocycles. The lowest BCUT2D eigenvalue weighted by atomic mass is 10.2. The summed E-state index contributed by atoms with van der Waals surface area (Å²) in [5.41, 5.74) is 1.24. The van der Waals surface area contributed by atoms with Gasteiger partial charge in [-0.25, -0.2) is 8.42 Å². The minimum absolute atomic E-state index is 0.0823. The first-order chi connectivity index (χ1) is 11.2. The molecule has 24 heavy (non-hydrogen) atoms. The van der Waals surface area contributed by atoms with Gasteiger partial charge in [0.1, 0.15) is 0 Å². The van der Waals surface area contributed by atoms with Crippen molar-refractivity contribution >= 4 is 44.8 Å². The molecule has 0 aliphatic rings. The molecule has 0 aliphatic heterocycles. The Morgan fingerprint density at radius 1 is 1.08 bits per heavy atom. The number of rotatable bonds is 6. The van der Waals surface area contributed by atoms with Crippen LogP contribution in [0, 0.1) is 0 Å². The van der Waals surface area contributed by atoms with Gasteiger partial charge in [0.05, 0.1) is 12.8 Å². The normalized spacial score (nSPS) is 11.5. The van der Waals surface area contributed by atoms with Crippen molar-refractivity contribution in [2.45, 2.75) is 6.54 Å². The van der Waals surface area contributed by atoms with E-state index in [4.69, 9.17) is 23.2 Å². The van der Waals surface area contributed by atoms with Gasteiger partial charge in [-0.15, -0.1) is 0 Å². The summed E-state index contributed by atoms with van der Waals surface area (Å²) in [6.07, 6.45) is 1.07. The summed E-state index contributed by atoms with van der Waals surface area (Å²) in [6, 6.07) is 13.4. The van der Waals surface area contributed by atoms with Crippen LogP contribution in [0.2, 0.25) is 10.0 Å². The third-order valence-corrected chi connectivity index (χ3v) is 4.85. The molecule has 0 spiro atoms. The first kappa shape index (κ1) is 18.7. The fourth-order valence-electron chi connectivity index (χ4n) is 2.01. The Balaban J connectivity index is 2.08. The number of sulfonamides is 1. The standard InChI is InChI=1S/C16H16Cl2N2O3S/c1-24(22,23)20(10-12-5-7-13(17)8-6-12)11-16(21)19-15-4-2-3-14(18)9-15/h2-9H,10-11H2,1H3,(H,19,21). The first-order valence-corrected chi connectivity index (χ1v) is 9.59. The molecule has 5 nitrogen and oxygen atoms in total. The zero-order chi connectivity index (χ0) is 17.7. The Bertz CT molecular complexity index is 823. The van der Waals surface area contributed by atoms with Crippen LogP contribution in [-0.4, -0.2) is 31.4 Å². The first-order valence-electron chi connectivity index (χ1n) is 6.99. The average Bonchev–Trinajstić information content (AvgIpc) is 2.48. The largest absolute Gasteiger partial charge is 0.325 e. The molecule has 0 aromatic heterocycles. The van der Waals surface area contributed by atoms with Gasteiger partial charge >= 0.3 is 0 Å². The van der Waals surface area contributed by atoms with Crippen LogP contribution in [0.3, 0.4) is 0 Å². The quantitative estimate of drug-likeness (QED) is 0.826. The molecular formula is C16H16Cl2N2O3S. The molecule has 1 amide bonds. The lowest BCUT2D eigenvalue weighted by molar-refractivity contribution is -0.116. The second-order valence-corrected chi connectivity index (χ2v) is 8.07. The van der Waals surface area contributed by atoms with Crippen molar-refractivity contribution in [2.24, 2.45) is 0 Å². The fraction of sp³-hybridized carbons (Fsp3) is 0.188. The van der Waals surface area contributed by atoms with Crippen molar-refractivity contribution in [3.05, 3.63) is 64.1 Å². The number of nitrogens with zero attached hydrogens (tertiary/aromatic N) is 1. The molecule has 0 unspecified atom stereocenters. The molecule has 0 atom stereocenters. The number of carbonyl (C=O) groups excluding carboxylic acids is 1. The summed E-state index contributed by atoms with van der Waals surface area (Å²) in [5.74, 6) is -0.448. The van der Waals surface area contributed by atoms with Gasteiger partial charge in [-0.05, 0) is 35.9 Å². The molecule has 128 valence electrons. The average molecular weight is 387 g/mol. The Kier molecular flexibility index (Phi) is 6.23. The van der Waals surface area contributed by atoms with Gasteiger partial charge in [-0.3, -0.25) is 4.79 Å². The SMILES string of the molecule is CS(=O)(=O)N(CC(=O)Nc1cccc(Cl)c1)Cc1ccc(Cl)cc1. The Morgan fingerprint density at radius 2 is 1.75 bits per heavy atom. The summed E-state index contributed by atoms with van der Waals surface area (Å²) in [6.45, 7) is -0.215.